The van der Waals surface area contributed by atoms with E-state index in [1.807, 2.05) is 24.3 Å². The van der Waals surface area contributed by atoms with E-state index in [-0.39, 0.29) is 12.1 Å². The van der Waals surface area contributed by atoms with Crippen LogP contribution in [-0.2, 0) is 4.74 Å². The number of fused-ring (bicyclic) bond motifs is 1. The number of urea groups is 1. The minimum atomic E-state index is -0.477. The van der Waals surface area contributed by atoms with E-state index in [0.29, 0.717) is 17.8 Å². The van der Waals surface area contributed by atoms with Gasteiger partial charge in [-0.15, -0.1) is 11.3 Å². The van der Waals surface area contributed by atoms with E-state index < -0.39 is 5.97 Å². The predicted octanol–water partition coefficient (Wildman–Crippen LogP) is 4.45. The van der Waals surface area contributed by atoms with Crippen molar-refractivity contribution in [3.05, 3.63) is 59.1 Å². The van der Waals surface area contributed by atoms with Crippen molar-refractivity contribution in [3.8, 4) is 0 Å². The third kappa shape index (κ3) is 3.38. The zero-order valence-corrected chi connectivity index (χ0v) is 15.7. The molecule has 2 heterocycles. The number of thiazole rings is 1. The van der Waals surface area contributed by atoms with Crippen LogP contribution in [0.15, 0.2) is 48.5 Å². The highest BCUT2D eigenvalue weighted by Gasteiger charge is 2.32. The van der Waals surface area contributed by atoms with Crippen molar-refractivity contribution in [2.45, 2.75) is 18.9 Å². The Morgan fingerprint density at radius 2 is 1.96 bits per heavy atom. The van der Waals surface area contributed by atoms with Crippen molar-refractivity contribution in [2.24, 2.45) is 0 Å². The normalized spacial score (nSPS) is 16.5. The summed E-state index contributed by atoms with van der Waals surface area (Å²) in [5, 5.41) is 3.81. The van der Waals surface area contributed by atoms with Gasteiger partial charge >= 0.3 is 12.0 Å². The molecule has 3 aromatic rings. The van der Waals surface area contributed by atoms with E-state index >= 15 is 0 Å². The monoisotopic (exact) mass is 381 g/mol. The largest absolute Gasteiger partial charge is 0.465 e. The highest BCUT2D eigenvalue weighted by molar-refractivity contribution is 7.18. The third-order valence-electron chi connectivity index (χ3n) is 4.68. The molecule has 0 bridgehead atoms. The van der Waals surface area contributed by atoms with Crippen LogP contribution in [-0.4, -0.2) is 35.5 Å². The third-order valence-corrected chi connectivity index (χ3v) is 5.82. The fourth-order valence-electron chi connectivity index (χ4n) is 3.37. The summed E-state index contributed by atoms with van der Waals surface area (Å²) in [6, 6.07) is 14.6. The number of hydrogen-bond acceptors (Lipinski definition) is 5. The molecule has 6 nitrogen and oxygen atoms in total. The van der Waals surface area contributed by atoms with Gasteiger partial charge in [-0.05, 0) is 37.1 Å². The van der Waals surface area contributed by atoms with Crippen molar-refractivity contribution in [1.82, 2.24) is 9.88 Å². The van der Waals surface area contributed by atoms with Gasteiger partial charge in [0.2, 0.25) is 0 Å². The molecular weight excluding hydrogens is 362 g/mol. The van der Waals surface area contributed by atoms with Crippen molar-refractivity contribution in [1.29, 1.82) is 0 Å². The van der Waals surface area contributed by atoms with Gasteiger partial charge in [0.25, 0.3) is 0 Å². The first-order valence-electron chi connectivity index (χ1n) is 8.78. The Hall–Kier alpha value is -2.93. The lowest BCUT2D eigenvalue weighted by atomic mass is 10.2. The molecule has 1 fully saturated rings. The van der Waals surface area contributed by atoms with E-state index in [9.17, 15) is 9.59 Å². The van der Waals surface area contributed by atoms with Crippen LogP contribution in [0.4, 0.5) is 10.5 Å². The lowest BCUT2D eigenvalue weighted by molar-refractivity contribution is 0.0602. The molecule has 1 aliphatic heterocycles. The molecule has 7 heteroatoms. The number of esters is 1. The molecule has 0 aliphatic carbocycles. The summed E-state index contributed by atoms with van der Waals surface area (Å²) in [7, 11) is 1.32. The Balaban J connectivity index is 1.57. The van der Waals surface area contributed by atoms with Crippen LogP contribution in [0.3, 0.4) is 0 Å². The molecule has 1 saturated heterocycles. The minimum Gasteiger partial charge on any atom is -0.465 e. The molecule has 2 aromatic carbocycles. The zero-order valence-electron chi connectivity index (χ0n) is 14.8. The highest BCUT2D eigenvalue weighted by Crippen LogP contribution is 2.36. The lowest BCUT2D eigenvalue weighted by Crippen LogP contribution is -2.34. The van der Waals surface area contributed by atoms with Crippen LogP contribution in [0, 0.1) is 0 Å². The second-order valence-corrected chi connectivity index (χ2v) is 7.40. The molecule has 1 aromatic heterocycles. The molecule has 1 atom stereocenters. The fraction of sp³-hybridized carbons (Fsp3) is 0.250. The Morgan fingerprint density at radius 1 is 1.19 bits per heavy atom. The van der Waals surface area contributed by atoms with Gasteiger partial charge in [0.05, 0.1) is 34.6 Å². The van der Waals surface area contributed by atoms with Crippen molar-refractivity contribution >= 4 is 39.2 Å². The summed E-state index contributed by atoms with van der Waals surface area (Å²) in [6.07, 6.45) is 1.80. The maximum atomic E-state index is 12.9. The lowest BCUT2D eigenvalue weighted by Gasteiger charge is -2.24. The zero-order chi connectivity index (χ0) is 18.8. The first kappa shape index (κ1) is 17.5. The first-order valence-corrected chi connectivity index (χ1v) is 9.59. The smallest absolute Gasteiger partial charge is 0.339 e. The van der Waals surface area contributed by atoms with Gasteiger partial charge in [-0.2, -0.15) is 0 Å². The van der Waals surface area contributed by atoms with Crippen molar-refractivity contribution in [3.63, 3.8) is 0 Å². The van der Waals surface area contributed by atoms with E-state index in [4.69, 9.17) is 9.72 Å². The Morgan fingerprint density at radius 3 is 2.78 bits per heavy atom. The average molecular weight is 381 g/mol. The predicted molar refractivity (Wildman–Crippen MR) is 105 cm³/mol. The number of nitrogens with zero attached hydrogens (tertiary/aromatic N) is 2. The van der Waals surface area contributed by atoms with Gasteiger partial charge in [0, 0.05) is 6.54 Å². The standard InChI is InChI=1S/C20H19N3O3S/c1-26-19(24)13-7-2-3-8-14(13)22-20(25)23-12-6-10-16(23)18-21-15-9-4-5-11-17(15)27-18/h2-5,7-9,11,16H,6,10,12H2,1H3,(H,22,25)/t16-/m0/s1. The molecular formula is C20H19N3O3S. The fourth-order valence-corrected chi connectivity index (χ4v) is 4.48. The van der Waals surface area contributed by atoms with Crippen LogP contribution in [0.1, 0.15) is 34.2 Å². The first-order chi connectivity index (χ1) is 13.2. The van der Waals surface area contributed by atoms with Gasteiger partial charge in [-0.25, -0.2) is 14.6 Å². The number of carbonyl (C=O) groups is 2. The number of amides is 2. The van der Waals surface area contributed by atoms with Gasteiger partial charge < -0.3 is 15.0 Å². The highest BCUT2D eigenvalue weighted by atomic mass is 32.1. The number of aromatic nitrogens is 1. The number of methoxy groups -OCH3 is 1. The number of benzene rings is 2. The number of para-hydroxylation sites is 2. The molecule has 4 rings (SSSR count). The Kier molecular flexibility index (Phi) is 4.77. The number of rotatable bonds is 3. The number of hydrogen-bond donors (Lipinski definition) is 1. The molecule has 0 saturated carbocycles. The van der Waals surface area contributed by atoms with Crippen LogP contribution in [0.5, 0.6) is 0 Å². The van der Waals surface area contributed by atoms with Crippen LogP contribution in [0.2, 0.25) is 0 Å². The number of ether oxygens (including phenoxy) is 1. The Labute approximate surface area is 160 Å². The topological polar surface area (TPSA) is 71.5 Å². The van der Waals surface area contributed by atoms with Gasteiger partial charge in [0.15, 0.2) is 0 Å². The summed E-state index contributed by atoms with van der Waals surface area (Å²) in [5.74, 6) is -0.477. The molecule has 2 amide bonds. The molecule has 1 aliphatic rings. The maximum Gasteiger partial charge on any atom is 0.339 e. The number of carbonyl (C=O) groups excluding carboxylic acids is 2. The second kappa shape index (κ2) is 7.36. The van der Waals surface area contributed by atoms with Gasteiger partial charge in [0.1, 0.15) is 5.01 Å². The quantitative estimate of drug-likeness (QED) is 0.680. The minimum absolute atomic E-state index is 0.0484. The summed E-state index contributed by atoms with van der Waals surface area (Å²) < 4.78 is 5.92. The van der Waals surface area contributed by atoms with Crippen molar-refractivity contribution < 1.29 is 14.3 Å². The van der Waals surface area contributed by atoms with Crippen LogP contribution < -0.4 is 5.32 Å². The molecule has 0 radical (unpaired) electrons. The molecule has 27 heavy (non-hydrogen) atoms. The van der Waals surface area contributed by atoms with Crippen molar-refractivity contribution in [2.75, 3.05) is 19.0 Å². The second-order valence-electron chi connectivity index (χ2n) is 6.34. The van der Waals surface area contributed by atoms with E-state index in [2.05, 4.69) is 5.32 Å². The number of anilines is 1. The number of nitrogens with one attached hydrogen (secondary N) is 1. The SMILES string of the molecule is COC(=O)c1ccccc1NC(=O)N1CCC[C@H]1c1nc2ccccc2s1. The van der Waals surface area contributed by atoms with E-state index in [0.717, 1.165) is 28.1 Å². The molecule has 138 valence electrons. The van der Waals surface area contributed by atoms with E-state index in [1.165, 1.54) is 7.11 Å². The summed E-state index contributed by atoms with van der Waals surface area (Å²) in [5.41, 5.74) is 1.74. The maximum absolute atomic E-state index is 12.9. The summed E-state index contributed by atoms with van der Waals surface area (Å²) in [6.45, 7) is 0.660. The van der Waals surface area contributed by atoms with E-state index in [1.54, 1.807) is 40.5 Å². The van der Waals surface area contributed by atoms with Gasteiger partial charge in [-0.3, -0.25) is 0 Å². The van der Waals surface area contributed by atoms with Crippen LogP contribution >= 0.6 is 11.3 Å². The summed E-state index contributed by atoms with van der Waals surface area (Å²) >= 11 is 1.63. The van der Waals surface area contributed by atoms with Gasteiger partial charge in [-0.1, -0.05) is 24.3 Å². The summed E-state index contributed by atoms with van der Waals surface area (Å²) in [4.78, 5) is 31.4. The molecule has 0 spiro atoms. The molecule has 1 N–H and O–H groups in total. The Bertz CT molecular complexity index is 968. The molecule has 0 unspecified atom stereocenters. The van der Waals surface area contributed by atoms with Crippen LogP contribution in [0.25, 0.3) is 10.2 Å². The average Bonchev–Trinajstić information content (AvgIpc) is 3.34. The number of likely N-dealkylation sites (tertiary alicyclic amines) is 1.